The minimum absolute atomic E-state index is 0.245. The second-order valence-corrected chi connectivity index (χ2v) is 4.76. The number of Topliss-reactive ketones (excluding diaryl/α,β-unsaturated/α-hetero) is 1. The van der Waals surface area contributed by atoms with E-state index in [-0.39, 0.29) is 17.2 Å². The smallest absolute Gasteiger partial charge is 0.331 e. The Morgan fingerprint density at radius 3 is 2.12 bits per heavy atom. The average molecular weight is 241 g/mol. The summed E-state index contributed by atoms with van der Waals surface area (Å²) in [5, 5.41) is 2.65. The summed E-state index contributed by atoms with van der Waals surface area (Å²) in [6.07, 6.45) is 1.29. The van der Waals surface area contributed by atoms with Crippen molar-refractivity contribution >= 4 is 17.7 Å². The van der Waals surface area contributed by atoms with Crippen LogP contribution in [0.25, 0.3) is 0 Å². The van der Waals surface area contributed by atoms with Crippen LogP contribution in [0, 0.1) is 0 Å². The SMILES string of the molecule is CC(=O)C(C)OC(=O)/C=C/C(=O)NC(C)(C)C. The van der Waals surface area contributed by atoms with Crippen LogP contribution in [0.5, 0.6) is 0 Å². The number of hydrogen-bond donors (Lipinski definition) is 1. The molecule has 0 saturated heterocycles. The number of carbonyl (C=O) groups is 3. The zero-order valence-electron chi connectivity index (χ0n) is 10.9. The molecule has 0 fully saturated rings. The lowest BCUT2D eigenvalue weighted by Gasteiger charge is -2.18. The third kappa shape index (κ3) is 8.19. The third-order valence-corrected chi connectivity index (χ3v) is 1.73. The summed E-state index contributed by atoms with van der Waals surface area (Å²) in [6.45, 7) is 8.29. The summed E-state index contributed by atoms with van der Waals surface area (Å²) < 4.78 is 4.74. The summed E-state index contributed by atoms with van der Waals surface area (Å²) in [5.41, 5.74) is -0.363. The van der Waals surface area contributed by atoms with Gasteiger partial charge in [-0.15, -0.1) is 0 Å². The number of hydrogen-bond acceptors (Lipinski definition) is 4. The first kappa shape index (κ1) is 15.3. The predicted octanol–water partition coefficient (Wildman–Crippen LogP) is 0.978. The van der Waals surface area contributed by atoms with Gasteiger partial charge in [-0.25, -0.2) is 4.79 Å². The van der Waals surface area contributed by atoms with Gasteiger partial charge >= 0.3 is 5.97 Å². The van der Waals surface area contributed by atoms with Crippen LogP contribution in [0.1, 0.15) is 34.6 Å². The third-order valence-electron chi connectivity index (χ3n) is 1.73. The molecule has 1 N–H and O–H groups in total. The number of ketones is 1. The average Bonchev–Trinajstić information content (AvgIpc) is 2.11. The minimum atomic E-state index is -0.794. The molecule has 0 aliphatic heterocycles. The van der Waals surface area contributed by atoms with E-state index in [1.54, 1.807) is 0 Å². The van der Waals surface area contributed by atoms with Crippen LogP contribution in [0.3, 0.4) is 0 Å². The van der Waals surface area contributed by atoms with Crippen molar-refractivity contribution in [1.29, 1.82) is 0 Å². The van der Waals surface area contributed by atoms with Crippen molar-refractivity contribution in [2.75, 3.05) is 0 Å². The lowest BCUT2D eigenvalue weighted by Crippen LogP contribution is -2.39. The normalized spacial score (nSPS) is 13.2. The molecule has 0 spiro atoms. The van der Waals surface area contributed by atoms with Crippen LogP contribution >= 0.6 is 0 Å². The lowest BCUT2D eigenvalue weighted by molar-refractivity contribution is -0.148. The Morgan fingerprint density at radius 1 is 1.18 bits per heavy atom. The van der Waals surface area contributed by atoms with E-state index in [2.05, 4.69) is 5.32 Å². The van der Waals surface area contributed by atoms with E-state index in [9.17, 15) is 14.4 Å². The summed E-state index contributed by atoms with van der Waals surface area (Å²) in [7, 11) is 0. The monoisotopic (exact) mass is 241 g/mol. The van der Waals surface area contributed by atoms with Crippen molar-refractivity contribution in [3.63, 3.8) is 0 Å². The molecular formula is C12H19NO4. The number of carbonyl (C=O) groups excluding carboxylic acids is 3. The van der Waals surface area contributed by atoms with Gasteiger partial charge in [0.25, 0.3) is 0 Å². The molecule has 0 aromatic heterocycles. The molecule has 0 heterocycles. The number of ether oxygens (including phenoxy) is 1. The van der Waals surface area contributed by atoms with Crippen LogP contribution in [0.4, 0.5) is 0 Å². The highest BCUT2D eigenvalue weighted by Crippen LogP contribution is 1.98. The zero-order chi connectivity index (χ0) is 13.6. The van der Waals surface area contributed by atoms with Crippen molar-refractivity contribution in [1.82, 2.24) is 5.32 Å². The molecule has 17 heavy (non-hydrogen) atoms. The summed E-state index contributed by atoms with van der Waals surface area (Å²) >= 11 is 0. The van der Waals surface area contributed by atoms with Gasteiger partial charge < -0.3 is 10.1 Å². The molecule has 0 rings (SSSR count). The van der Waals surface area contributed by atoms with Gasteiger partial charge in [0.15, 0.2) is 11.9 Å². The fourth-order valence-corrected chi connectivity index (χ4v) is 0.851. The maximum Gasteiger partial charge on any atom is 0.331 e. The molecule has 0 radical (unpaired) electrons. The predicted molar refractivity (Wildman–Crippen MR) is 63.3 cm³/mol. The molecule has 96 valence electrons. The molecule has 1 unspecified atom stereocenters. The largest absolute Gasteiger partial charge is 0.452 e. The van der Waals surface area contributed by atoms with Crippen molar-refractivity contribution in [3.05, 3.63) is 12.2 Å². The van der Waals surface area contributed by atoms with Crippen LogP contribution < -0.4 is 5.32 Å². The van der Waals surface area contributed by atoms with Gasteiger partial charge in [0.2, 0.25) is 5.91 Å². The lowest BCUT2D eigenvalue weighted by atomic mass is 10.1. The van der Waals surface area contributed by atoms with Crippen molar-refractivity contribution in [2.24, 2.45) is 0 Å². The second-order valence-electron chi connectivity index (χ2n) is 4.76. The number of amides is 1. The van der Waals surface area contributed by atoms with Crippen molar-refractivity contribution < 1.29 is 19.1 Å². The van der Waals surface area contributed by atoms with E-state index in [0.717, 1.165) is 12.2 Å². The Kier molecular flexibility index (Phi) is 5.58. The molecule has 1 atom stereocenters. The molecule has 0 bridgehead atoms. The van der Waals surface area contributed by atoms with E-state index < -0.39 is 12.1 Å². The van der Waals surface area contributed by atoms with E-state index in [1.807, 2.05) is 20.8 Å². The second kappa shape index (κ2) is 6.18. The summed E-state index contributed by atoms with van der Waals surface area (Å²) in [6, 6.07) is 0. The highest BCUT2D eigenvalue weighted by Gasteiger charge is 2.13. The van der Waals surface area contributed by atoms with Crippen LogP contribution in [0.15, 0.2) is 12.2 Å². The first-order valence-corrected chi connectivity index (χ1v) is 5.33. The van der Waals surface area contributed by atoms with Gasteiger partial charge in [-0.3, -0.25) is 9.59 Å². The van der Waals surface area contributed by atoms with Gasteiger partial charge in [0, 0.05) is 17.7 Å². The number of esters is 1. The Hall–Kier alpha value is -1.65. The van der Waals surface area contributed by atoms with E-state index in [1.165, 1.54) is 13.8 Å². The van der Waals surface area contributed by atoms with Gasteiger partial charge in [0.1, 0.15) is 0 Å². The molecule has 0 aromatic rings. The molecule has 5 nitrogen and oxygen atoms in total. The van der Waals surface area contributed by atoms with E-state index in [0.29, 0.717) is 0 Å². The Morgan fingerprint density at radius 2 is 1.71 bits per heavy atom. The van der Waals surface area contributed by atoms with Crippen LogP contribution in [-0.4, -0.2) is 29.3 Å². The highest BCUT2D eigenvalue weighted by atomic mass is 16.5. The van der Waals surface area contributed by atoms with Crippen LogP contribution in [-0.2, 0) is 19.1 Å². The van der Waals surface area contributed by atoms with E-state index >= 15 is 0 Å². The van der Waals surface area contributed by atoms with Crippen molar-refractivity contribution in [3.8, 4) is 0 Å². The van der Waals surface area contributed by atoms with E-state index in [4.69, 9.17) is 4.74 Å². The molecule has 0 aliphatic rings. The molecule has 0 saturated carbocycles. The number of nitrogens with one attached hydrogen (secondary N) is 1. The molecule has 5 heteroatoms. The highest BCUT2D eigenvalue weighted by molar-refractivity contribution is 5.95. The maximum absolute atomic E-state index is 11.3. The summed E-state index contributed by atoms with van der Waals surface area (Å²) in [4.78, 5) is 33.3. The fourth-order valence-electron chi connectivity index (χ4n) is 0.851. The van der Waals surface area contributed by atoms with Gasteiger partial charge in [-0.05, 0) is 34.6 Å². The quantitative estimate of drug-likeness (QED) is 0.588. The minimum Gasteiger partial charge on any atom is -0.452 e. The Balaban J connectivity index is 4.21. The molecule has 1 amide bonds. The first-order chi connectivity index (χ1) is 7.61. The zero-order valence-corrected chi connectivity index (χ0v) is 10.9. The van der Waals surface area contributed by atoms with Crippen molar-refractivity contribution in [2.45, 2.75) is 46.3 Å². The van der Waals surface area contributed by atoms with Crippen LogP contribution in [0.2, 0.25) is 0 Å². The fraction of sp³-hybridized carbons (Fsp3) is 0.583. The molecular weight excluding hydrogens is 222 g/mol. The Bertz CT molecular complexity index is 339. The number of rotatable bonds is 4. The maximum atomic E-state index is 11.3. The Labute approximate surface area is 101 Å². The standard InChI is InChI=1S/C12H19NO4/c1-8(14)9(2)17-11(16)7-6-10(15)13-12(3,4)5/h6-7,9H,1-5H3,(H,13,15)/b7-6+. The molecule has 0 aliphatic carbocycles. The first-order valence-electron chi connectivity index (χ1n) is 5.33. The topological polar surface area (TPSA) is 72.5 Å². The van der Waals surface area contributed by atoms with Gasteiger partial charge in [-0.1, -0.05) is 0 Å². The summed E-state index contributed by atoms with van der Waals surface area (Å²) in [5.74, 6) is -1.34. The van der Waals surface area contributed by atoms with Gasteiger partial charge in [0.05, 0.1) is 0 Å². The molecule has 0 aromatic carbocycles. The van der Waals surface area contributed by atoms with Gasteiger partial charge in [-0.2, -0.15) is 0 Å².